The van der Waals surface area contributed by atoms with Crippen LogP contribution in [0.25, 0.3) is 11.0 Å². The van der Waals surface area contributed by atoms with E-state index >= 15 is 0 Å². The van der Waals surface area contributed by atoms with Gasteiger partial charge in [0.15, 0.2) is 6.61 Å². The number of aryl methyl sites for hydroxylation is 2. The Morgan fingerprint density at radius 3 is 2.68 bits per heavy atom. The molecule has 2 aromatic carbocycles. The smallest absolute Gasteiger partial charge is 0.336 e. The zero-order valence-corrected chi connectivity index (χ0v) is 18.8. The van der Waals surface area contributed by atoms with Crippen molar-refractivity contribution in [2.45, 2.75) is 51.2 Å². The summed E-state index contributed by atoms with van der Waals surface area (Å²) < 4.78 is 16.8. The van der Waals surface area contributed by atoms with E-state index in [4.69, 9.17) is 13.6 Å². The highest BCUT2D eigenvalue weighted by atomic mass is 32.2. The first-order valence-electron chi connectivity index (χ1n) is 10.1. The Kier molecular flexibility index (Phi) is 6.13. The van der Waals surface area contributed by atoms with Gasteiger partial charge in [0.2, 0.25) is 0 Å². The second-order valence-electron chi connectivity index (χ2n) is 7.81. The van der Waals surface area contributed by atoms with Gasteiger partial charge in [0, 0.05) is 17.2 Å². The van der Waals surface area contributed by atoms with E-state index in [1.807, 2.05) is 44.2 Å². The van der Waals surface area contributed by atoms with Crippen LogP contribution in [0.1, 0.15) is 47.9 Å². The van der Waals surface area contributed by atoms with Gasteiger partial charge in [-0.15, -0.1) is 10.2 Å². The van der Waals surface area contributed by atoms with Crippen molar-refractivity contribution in [1.29, 1.82) is 0 Å². The molecule has 6 nitrogen and oxygen atoms in total. The normalized spacial score (nSPS) is 11.4. The lowest BCUT2D eigenvalue weighted by Gasteiger charge is -2.12. The molecule has 0 bridgehead atoms. The van der Waals surface area contributed by atoms with Crippen molar-refractivity contribution in [3.8, 4) is 5.75 Å². The molecule has 0 aliphatic carbocycles. The molecule has 0 saturated heterocycles. The SMILES string of the molecule is Cc1cccc(OCc2nnc(SCc3cc(=O)oc4cc(C)c(C(C)C)cc34)o2)c1. The summed E-state index contributed by atoms with van der Waals surface area (Å²) in [5.74, 6) is 2.05. The van der Waals surface area contributed by atoms with Crippen molar-refractivity contribution in [2.24, 2.45) is 0 Å². The minimum atomic E-state index is -0.363. The molecule has 0 fully saturated rings. The van der Waals surface area contributed by atoms with Crippen molar-refractivity contribution in [1.82, 2.24) is 10.2 Å². The fourth-order valence-electron chi connectivity index (χ4n) is 3.48. The van der Waals surface area contributed by atoms with E-state index in [-0.39, 0.29) is 12.2 Å². The number of benzene rings is 2. The van der Waals surface area contributed by atoms with E-state index in [2.05, 4.69) is 30.1 Å². The van der Waals surface area contributed by atoms with Gasteiger partial charge in [-0.2, -0.15) is 0 Å². The summed E-state index contributed by atoms with van der Waals surface area (Å²) in [6.07, 6.45) is 0. The quantitative estimate of drug-likeness (QED) is 0.268. The number of hydrogen-bond donors (Lipinski definition) is 0. The van der Waals surface area contributed by atoms with Gasteiger partial charge in [0.25, 0.3) is 11.1 Å². The molecule has 160 valence electrons. The molecule has 2 aromatic heterocycles. The number of aromatic nitrogens is 2. The van der Waals surface area contributed by atoms with Gasteiger partial charge >= 0.3 is 5.63 Å². The van der Waals surface area contributed by atoms with Crippen LogP contribution in [0.5, 0.6) is 5.75 Å². The summed E-state index contributed by atoms with van der Waals surface area (Å²) in [5.41, 5.74) is 4.59. The van der Waals surface area contributed by atoms with Gasteiger partial charge in [0.05, 0.1) is 0 Å². The van der Waals surface area contributed by atoms with Gasteiger partial charge in [0.1, 0.15) is 11.3 Å². The molecule has 4 aromatic rings. The lowest BCUT2D eigenvalue weighted by Crippen LogP contribution is -2.02. The van der Waals surface area contributed by atoms with Crippen LogP contribution in [0, 0.1) is 13.8 Å². The highest BCUT2D eigenvalue weighted by Crippen LogP contribution is 2.30. The van der Waals surface area contributed by atoms with E-state index in [1.54, 1.807) is 0 Å². The molecule has 2 heterocycles. The van der Waals surface area contributed by atoms with Crippen LogP contribution in [0.3, 0.4) is 0 Å². The molecule has 4 rings (SSSR count). The number of hydrogen-bond acceptors (Lipinski definition) is 7. The largest absolute Gasteiger partial charge is 0.484 e. The molecule has 0 aliphatic heterocycles. The Bertz CT molecular complexity index is 1280. The predicted molar refractivity (Wildman–Crippen MR) is 121 cm³/mol. The van der Waals surface area contributed by atoms with E-state index in [0.29, 0.717) is 28.4 Å². The van der Waals surface area contributed by atoms with Crippen molar-refractivity contribution < 1.29 is 13.6 Å². The number of thioether (sulfide) groups is 1. The average molecular weight is 437 g/mol. The van der Waals surface area contributed by atoms with Gasteiger partial charge in [-0.1, -0.05) is 37.7 Å². The maximum absolute atomic E-state index is 12.0. The fraction of sp³-hybridized carbons (Fsp3) is 0.292. The van der Waals surface area contributed by atoms with E-state index in [1.165, 1.54) is 23.4 Å². The number of ether oxygens (including phenoxy) is 1. The standard InChI is InChI=1S/C24H24N2O4S/c1-14(2)19-11-20-17(10-23(27)29-21(20)9-16(19)4)13-31-24-26-25-22(30-24)12-28-18-7-5-6-15(3)8-18/h5-11,14H,12-13H2,1-4H3. The molecule has 0 spiro atoms. The molecule has 0 N–H and O–H groups in total. The number of fused-ring (bicyclic) bond motifs is 1. The summed E-state index contributed by atoms with van der Waals surface area (Å²) in [6.45, 7) is 8.55. The first-order chi connectivity index (χ1) is 14.9. The molecule has 0 aliphatic rings. The summed E-state index contributed by atoms with van der Waals surface area (Å²) in [4.78, 5) is 12.0. The molecule has 0 atom stereocenters. The molecular weight excluding hydrogens is 412 g/mol. The van der Waals surface area contributed by atoms with Crippen LogP contribution in [0.4, 0.5) is 0 Å². The Morgan fingerprint density at radius 2 is 1.90 bits per heavy atom. The molecular formula is C24H24N2O4S. The van der Waals surface area contributed by atoms with Crippen molar-refractivity contribution >= 4 is 22.7 Å². The lowest BCUT2D eigenvalue weighted by atomic mass is 9.95. The monoisotopic (exact) mass is 436 g/mol. The minimum Gasteiger partial charge on any atom is -0.484 e. The molecule has 0 saturated carbocycles. The molecule has 0 unspecified atom stereocenters. The summed E-state index contributed by atoms with van der Waals surface area (Å²) in [7, 11) is 0. The van der Waals surface area contributed by atoms with Crippen LogP contribution >= 0.6 is 11.8 Å². The van der Waals surface area contributed by atoms with Crippen LogP contribution in [0.2, 0.25) is 0 Å². The summed E-state index contributed by atoms with van der Waals surface area (Å²) in [5, 5.41) is 9.51. The number of rotatable bonds is 7. The van der Waals surface area contributed by atoms with Gasteiger partial charge < -0.3 is 13.6 Å². The third-order valence-corrected chi connectivity index (χ3v) is 5.86. The maximum atomic E-state index is 12.0. The third-order valence-electron chi connectivity index (χ3n) is 4.99. The maximum Gasteiger partial charge on any atom is 0.336 e. The summed E-state index contributed by atoms with van der Waals surface area (Å²) in [6, 6.07) is 13.4. The minimum absolute atomic E-state index is 0.200. The number of nitrogens with zero attached hydrogens (tertiary/aromatic N) is 2. The molecule has 0 radical (unpaired) electrons. The van der Waals surface area contributed by atoms with Crippen LogP contribution in [-0.4, -0.2) is 10.2 Å². The lowest BCUT2D eigenvalue weighted by molar-refractivity contribution is 0.252. The fourth-order valence-corrected chi connectivity index (χ4v) is 4.25. The van der Waals surface area contributed by atoms with Crippen LogP contribution < -0.4 is 10.4 Å². The van der Waals surface area contributed by atoms with E-state index in [9.17, 15) is 4.79 Å². The van der Waals surface area contributed by atoms with Crippen molar-refractivity contribution in [3.05, 3.63) is 81.0 Å². The molecule has 7 heteroatoms. The van der Waals surface area contributed by atoms with E-state index < -0.39 is 0 Å². The van der Waals surface area contributed by atoms with Crippen molar-refractivity contribution in [2.75, 3.05) is 0 Å². The highest BCUT2D eigenvalue weighted by molar-refractivity contribution is 7.98. The summed E-state index contributed by atoms with van der Waals surface area (Å²) >= 11 is 1.38. The average Bonchev–Trinajstić information content (AvgIpc) is 3.17. The Labute approximate surface area is 184 Å². The Hall–Kier alpha value is -3.06. The second kappa shape index (κ2) is 8.98. The topological polar surface area (TPSA) is 78.4 Å². The predicted octanol–water partition coefficient (Wildman–Crippen LogP) is 5.79. The molecule has 31 heavy (non-hydrogen) atoms. The van der Waals surface area contributed by atoms with Gasteiger partial charge in [-0.25, -0.2) is 4.79 Å². The van der Waals surface area contributed by atoms with Gasteiger partial charge in [-0.05, 0) is 66.3 Å². The zero-order valence-electron chi connectivity index (χ0n) is 18.0. The molecule has 0 amide bonds. The Morgan fingerprint density at radius 1 is 1.06 bits per heavy atom. The first-order valence-corrected chi connectivity index (χ1v) is 11.1. The highest BCUT2D eigenvalue weighted by Gasteiger charge is 2.14. The third kappa shape index (κ3) is 4.99. The first kappa shape index (κ1) is 21.2. The van der Waals surface area contributed by atoms with Crippen LogP contribution in [-0.2, 0) is 12.4 Å². The van der Waals surface area contributed by atoms with Crippen molar-refractivity contribution in [3.63, 3.8) is 0 Å². The second-order valence-corrected chi connectivity index (χ2v) is 8.73. The Balaban J connectivity index is 1.49. The zero-order chi connectivity index (χ0) is 22.0. The van der Waals surface area contributed by atoms with Crippen LogP contribution in [0.15, 0.2) is 61.3 Å². The van der Waals surface area contributed by atoms with Gasteiger partial charge in [-0.3, -0.25) is 0 Å². The van der Waals surface area contributed by atoms with E-state index in [0.717, 1.165) is 27.8 Å².